The molecule has 26 heavy (non-hydrogen) atoms. The Hall–Kier alpha value is -2.44. The smallest absolute Gasteiger partial charge is 0.408 e. The van der Waals surface area contributed by atoms with Crippen molar-refractivity contribution in [2.75, 3.05) is 6.61 Å². The first-order valence-electron chi connectivity index (χ1n) is 8.41. The number of ether oxygens (including phenoxy) is 1. The molecule has 0 aliphatic rings. The highest BCUT2D eigenvalue weighted by Gasteiger charge is 2.22. The maximum absolute atomic E-state index is 12.2. The first kappa shape index (κ1) is 18.4. The zero-order valence-electron chi connectivity index (χ0n) is 15.0. The Labute approximate surface area is 156 Å². The molecule has 3 aromatic rings. The number of nitrogens with zero attached hydrogens (tertiary/aromatic N) is 1. The van der Waals surface area contributed by atoms with Gasteiger partial charge < -0.3 is 15.2 Å². The number of amides is 1. The van der Waals surface area contributed by atoms with Crippen molar-refractivity contribution in [3.05, 3.63) is 53.4 Å². The normalized spacial score (nSPS) is 12.8. The second-order valence-corrected chi connectivity index (χ2v) is 7.92. The quantitative estimate of drug-likeness (QED) is 0.708. The molecular formula is C20H22N2O3S. The molecule has 136 valence electrons. The van der Waals surface area contributed by atoms with Gasteiger partial charge in [-0.25, -0.2) is 9.78 Å². The number of aromatic nitrogens is 1. The van der Waals surface area contributed by atoms with Crippen molar-refractivity contribution in [1.29, 1.82) is 0 Å². The van der Waals surface area contributed by atoms with Crippen LogP contribution in [0.4, 0.5) is 4.79 Å². The van der Waals surface area contributed by atoms with E-state index in [2.05, 4.69) is 5.32 Å². The summed E-state index contributed by atoms with van der Waals surface area (Å²) in [6.07, 6.45) is -0.560. The molecule has 2 aromatic heterocycles. The number of aliphatic hydroxyl groups excluding tert-OH is 1. The maximum atomic E-state index is 12.2. The fourth-order valence-corrected chi connectivity index (χ4v) is 3.40. The van der Waals surface area contributed by atoms with Gasteiger partial charge in [0, 0.05) is 5.39 Å². The minimum Gasteiger partial charge on any atom is -0.444 e. The third-order valence-electron chi connectivity index (χ3n) is 3.77. The van der Waals surface area contributed by atoms with Gasteiger partial charge >= 0.3 is 6.09 Å². The third-order valence-corrected chi connectivity index (χ3v) is 4.66. The number of carbonyl (C=O) groups excluding carboxylic acids is 1. The molecule has 0 bridgehead atoms. The molecule has 0 saturated heterocycles. The summed E-state index contributed by atoms with van der Waals surface area (Å²) in [5.41, 5.74) is 1.84. The SMILES string of the molecule is CC(C)(C)OC(=O)N[C@@H](CO)c1cc(-c2cccs2)nc2ccccc12. The van der Waals surface area contributed by atoms with E-state index in [1.54, 1.807) is 32.1 Å². The monoisotopic (exact) mass is 370 g/mol. The van der Waals surface area contributed by atoms with Crippen LogP contribution in [0.25, 0.3) is 21.5 Å². The van der Waals surface area contributed by atoms with E-state index in [-0.39, 0.29) is 6.61 Å². The predicted octanol–water partition coefficient (Wildman–Crippen LogP) is 4.52. The average molecular weight is 370 g/mol. The van der Waals surface area contributed by atoms with Crippen molar-refractivity contribution in [2.24, 2.45) is 0 Å². The Morgan fingerprint density at radius 1 is 1.27 bits per heavy atom. The first-order chi connectivity index (χ1) is 12.4. The van der Waals surface area contributed by atoms with Crippen molar-refractivity contribution >= 4 is 28.3 Å². The Morgan fingerprint density at radius 2 is 2.04 bits per heavy atom. The van der Waals surface area contributed by atoms with Gasteiger partial charge in [0.1, 0.15) is 5.60 Å². The Bertz CT molecular complexity index is 901. The Kier molecular flexibility index (Phi) is 5.25. The number of rotatable bonds is 4. The van der Waals surface area contributed by atoms with E-state index in [0.29, 0.717) is 0 Å². The lowest BCUT2D eigenvalue weighted by Crippen LogP contribution is -2.36. The molecule has 0 aliphatic heterocycles. The van der Waals surface area contributed by atoms with Gasteiger partial charge in [-0.05, 0) is 49.9 Å². The molecule has 0 fully saturated rings. The highest BCUT2D eigenvalue weighted by Crippen LogP contribution is 2.30. The second kappa shape index (κ2) is 7.43. The van der Waals surface area contributed by atoms with E-state index in [1.165, 1.54) is 0 Å². The highest BCUT2D eigenvalue weighted by molar-refractivity contribution is 7.13. The lowest BCUT2D eigenvalue weighted by molar-refractivity contribution is 0.0482. The molecule has 0 unspecified atom stereocenters. The Morgan fingerprint density at radius 3 is 2.69 bits per heavy atom. The van der Waals surface area contributed by atoms with Crippen molar-refractivity contribution in [2.45, 2.75) is 32.4 Å². The molecule has 0 saturated carbocycles. The summed E-state index contributed by atoms with van der Waals surface area (Å²) >= 11 is 1.60. The molecule has 0 spiro atoms. The summed E-state index contributed by atoms with van der Waals surface area (Å²) in [5, 5.41) is 15.6. The van der Waals surface area contributed by atoms with Gasteiger partial charge in [0.25, 0.3) is 0 Å². The number of fused-ring (bicyclic) bond motifs is 1. The maximum Gasteiger partial charge on any atom is 0.408 e. The third kappa shape index (κ3) is 4.20. The van der Waals surface area contributed by atoms with Gasteiger partial charge in [-0.15, -0.1) is 11.3 Å². The fraction of sp³-hybridized carbons (Fsp3) is 0.300. The topological polar surface area (TPSA) is 71.5 Å². The molecule has 2 N–H and O–H groups in total. The molecule has 6 heteroatoms. The van der Waals surface area contributed by atoms with Gasteiger partial charge in [0.2, 0.25) is 0 Å². The number of thiophene rings is 1. The van der Waals surface area contributed by atoms with Crippen molar-refractivity contribution in [3.8, 4) is 10.6 Å². The largest absolute Gasteiger partial charge is 0.444 e. The molecule has 3 rings (SSSR count). The predicted molar refractivity (Wildman–Crippen MR) is 104 cm³/mol. The number of hydrogen-bond donors (Lipinski definition) is 2. The van der Waals surface area contributed by atoms with E-state index in [9.17, 15) is 9.90 Å². The zero-order valence-corrected chi connectivity index (χ0v) is 15.8. The fourth-order valence-electron chi connectivity index (χ4n) is 2.71. The summed E-state index contributed by atoms with van der Waals surface area (Å²) < 4.78 is 5.33. The molecule has 2 heterocycles. The number of nitrogens with one attached hydrogen (secondary N) is 1. The number of carbonyl (C=O) groups is 1. The van der Waals surface area contributed by atoms with E-state index in [0.717, 1.165) is 27.0 Å². The van der Waals surface area contributed by atoms with Crippen LogP contribution in [0, 0.1) is 0 Å². The van der Waals surface area contributed by atoms with Crippen LogP contribution in [-0.4, -0.2) is 28.4 Å². The van der Waals surface area contributed by atoms with Crippen molar-refractivity contribution in [3.63, 3.8) is 0 Å². The van der Waals surface area contributed by atoms with Crippen LogP contribution < -0.4 is 5.32 Å². The van der Waals surface area contributed by atoms with Crippen LogP contribution in [0.15, 0.2) is 47.8 Å². The van der Waals surface area contributed by atoms with E-state index >= 15 is 0 Å². The molecule has 1 atom stereocenters. The van der Waals surface area contributed by atoms with Crippen LogP contribution in [0.3, 0.4) is 0 Å². The van der Waals surface area contributed by atoms with Crippen LogP contribution in [0.2, 0.25) is 0 Å². The van der Waals surface area contributed by atoms with Gasteiger partial charge in [0.15, 0.2) is 0 Å². The number of pyridine rings is 1. The molecule has 0 aliphatic carbocycles. The van der Waals surface area contributed by atoms with Gasteiger partial charge in [-0.2, -0.15) is 0 Å². The number of para-hydroxylation sites is 1. The first-order valence-corrected chi connectivity index (χ1v) is 9.29. The number of alkyl carbamates (subject to hydrolysis) is 1. The van der Waals surface area contributed by atoms with Crippen molar-refractivity contribution < 1.29 is 14.6 Å². The summed E-state index contributed by atoms with van der Waals surface area (Å²) in [4.78, 5) is 17.9. The molecular weight excluding hydrogens is 348 g/mol. The van der Waals surface area contributed by atoms with Crippen LogP contribution in [0.5, 0.6) is 0 Å². The summed E-state index contributed by atoms with van der Waals surface area (Å²) in [6.45, 7) is 5.17. The second-order valence-electron chi connectivity index (χ2n) is 6.97. The molecule has 1 amide bonds. The van der Waals surface area contributed by atoms with E-state index < -0.39 is 17.7 Å². The van der Waals surface area contributed by atoms with Gasteiger partial charge in [-0.1, -0.05) is 24.3 Å². The van der Waals surface area contributed by atoms with Crippen LogP contribution >= 0.6 is 11.3 Å². The highest BCUT2D eigenvalue weighted by atomic mass is 32.1. The number of aliphatic hydroxyl groups is 1. The minimum absolute atomic E-state index is 0.239. The zero-order chi connectivity index (χ0) is 18.7. The summed E-state index contributed by atoms with van der Waals surface area (Å²) in [5.74, 6) is 0. The van der Waals surface area contributed by atoms with Crippen LogP contribution in [0.1, 0.15) is 32.4 Å². The summed E-state index contributed by atoms with van der Waals surface area (Å²) in [7, 11) is 0. The van der Waals surface area contributed by atoms with Crippen molar-refractivity contribution in [1.82, 2.24) is 10.3 Å². The van der Waals surface area contributed by atoms with Gasteiger partial charge in [-0.3, -0.25) is 0 Å². The number of benzene rings is 1. The average Bonchev–Trinajstić information content (AvgIpc) is 3.12. The molecule has 5 nitrogen and oxygen atoms in total. The van der Waals surface area contributed by atoms with E-state index in [1.807, 2.05) is 47.8 Å². The van der Waals surface area contributed by atoms with Gasteiger partial charge in [0.05, 0.1) is 28.7 Å². The standard InChI is InChI=1S/C20H22N2O3S/c1-20(2,3)25-19(24)22-17(12-23)14-11-16(18-9-6-10-26-18)21-15-8-5-4-7-13(14)15/h4-11,17,23H,12H2,1-3H3,(H,22,24)/t17-/m0/s1. The van der Waals surface area contributed by atoms with E-state index in [4.69, 9.17) is 9.72 Å². The summed E-state index contributed by atoms with van der Waals surface area (Å²) in [6, 6.07) is 13.0. The Balaban J connectivity index is 2.02. The molecule has 0 radical (unpaired) electrons. The molecule has 1 aromatic carbocycles. The minimum atomic E-state index is -0.605. The lowest BCUT2D eigenvalue weighted by atomic mass is 10.0. The lowest BCUT2D eigenvalue weighted by Gasteiger charge is -2.24. The number of hydrogen-bond acceptors (Lipinski definition) is 5. The van der Waals surface area contributed by atoms with Crippen LogP contribution in [-0.2, 0) is 4.74 Å².